The highest BCUT2D eigenvalue weighted by atomic mass is 32.2. The lowest BCUT2D eigenvalue weighted by Gasteiger charge is -2.14. The van der Waals surface area contributed by atoms with E-state index in [-0.39, 0.29) is 0 Å². The summed E-state index contributed by atoms with van der Waals surface area (Å²) in [5.41, 5.74) is 0.782. The molecule has 0 aromatic rings. The van der Waals surface area contributed by atoms with E-state index in [9.17, 15) is 0 Å². The number of hydrogen-bond donors (Lipinski definition) is 0. The lowest BCUT2D eigenvalue weighted by atomic mass is 10.4. The van der Waals surface area contributed by atoms with Gasteiger partial charge in [0.25, 0.3) is 0 Å². The van der Waals surface area contributed by atoms with Crippen molar-refractivity contribution in [3.8, 4) is 11.5 Å². The number of rotatable bonds is 5. The molecule has 17 heavy (non-hydrogen) atoms. The molecule has 92 valence electrons. The molecule has 0 unspecified atom stereocenters. The number of nitrogens with zero attached hydrogens (tertiary/aromatic N) is 5. The van der Waals surface area contributed by atoms with Crippen LogP contribution in [0, 0.1) is 0 Å². The first-order chi connectivity index (χ1) is 8.22. The van der Waals surface area contributed by atoms with Gasteiger partial charge in [0.15, 0.2) is 5.82 Å². The third kappa shape index (κ3) is 2.67. The largest absolute Gasteiger partial charge is 0.409 e. The van der Waals surface area contributed by atoms with Crippen LogP contribution in [-0.2, 0) is 0 Å². The summed E-state index contributed by atoms with van der Waals surface area (Å²) in [6.07, 6.45) is 5.13. The minimum Gasteiger partial charge on any atom is -0.409 e. The monoisotopic (exact) mass is 253 g/mol. The zero-order valence-electron chi connectivity index (χ0n) is 10.1. The topological polar surface area (TPSA) is 56.1 Å². The van der Waals surface area contributed by atoms with Crippen molar-refractivity contribution >= 4 is 11.8 Å². The molecule has 0 saturated carbocycles. The predicted molar refractivity (Wildman–Crippen MR) is 66.2 cm³/mol. The standard InChI is InChI=1S/C10H15N5OS/c1-14(2)4-5-16-15-7-13-10(17-3)8-9(15)12-6-11-8/h6-7H,4-5H2,1-3H3. The van der Waals surface area contributed by atoms with Gasteiger partial charge in [0.2, 0.25) is 0 Å². The van der Waals surface area contributed by atoms with Crippen molar-refractivity contribution < 1.29 is 4.84 Å². The fourth-order valence-corrected chi connectivity index (χ4v) is 1.85. The van der Waals surface area contributed by atoms with Gasteiger partial charge in [0.1, 0.15) is 30.0 Å². The second-order valence-corrected chi connectivity index (χ2v) is 4.56. The van der Waals surface area contributed by atoms with Crippen molar-refractivity contribution in [2.24, 2.45) is 0 Å². The van der Waals surface area contributed by atoms with Gasteiger partial charge >= 0.3 is 0 Å². The maximum absolute atomic E-state index is 5.59. The van der Waals surface area contributed by atoms with Crippen molar-refractivity contribution in [3.05, 3.63) is 12.7 Å². The summed E-state index contributed by atoms with van der Waals surface area (Å²) in [5.74, 6) is 0.711. The van der Waals surface area contributed by atoms with Gasteiger partial charge < -0.3 is 9.74 Å². The first-order valence-corrected chi connectivity index (χ1v) is 6.45. The van der Waals surface area contributed by atoms with E-state index in [1.165, 1.54) is 6.33 Å². The summed E-state index contributed by atoms with van der Waals surface area (Å²) < 4.78 is 1.57. The molecule has 0 bridgehead atoms. The molecule has 0 N–H and O–H groups in total. The van der Waals surface area contributed by atoms with Gasteiger partial charge in [-0.2, -0.15) is 4.73 Å². The summed E-state index contributed by atoms with van der Waals surface area (Å²) in [5, 5.41) is 0.866. The zero-order valence-corrected chi connectivity index (χ0v) is 10.9. The fourth-order valence-electron chi connectivity index (χ4n) is 1.36. The van der Waals surface area contributed by atoms with Crippen molar-refractivity contribution in [2.45, 2.75) is 5.03 Å². The van der Waals surface area contributed by atoms with E-state index >= 15 is 0 Å². The molecule has 6 nitrogen and oxygen atoms in total. The molecule has 0 fully saturated rings. The van der Waals surface area contributed by atoms with E-state index in [2.05, 4.69) is 19.9 Å². The molecule has 0 saturated heterocycles. The predicted octanol–water partition coefficient (Wildman–Crippen LogP) is 0.490. The Morgan fingerprint density at radius 1 is 1.35 bits per heavy atom. The maximum atomic E-state index is 5.59. The normalized spacial score (nSPS) is 11.3. The Balaban J connectivity index is 2.16. The van der Waals surface area contributed by atoms with E-state index in [0.717, 1.165) is 17.3 Å². The Labute approximate surface area is 104 Å². The molecular weight excluding hydrogens is 238 g/mol. The van der Waals surface area contributed by atoms with E-state index in [1.807, 2.05) is 20.4 Å². The van der Waals surface area contributed by atoms with Crippen molar-refractivity contribution in [1.29, 1.82) is 0 Å². The Morgan fingerprint density at radius 3 is 2.88 bits per heavy atom. The molecule has 2 aliphatic heterocycles. The quantitative estimate of drug-likeness (QED) is 0.571. The summed E-state index contributed by atoms with van der Waals surface area (Å²) in [6, 6.07) is 0. The Hall–Kier alpha value is -1.34. The van der Waals surface area contributed by atoms with Crippen LogP contribution in [0.4, 0.5) is 0 Å². The van der Waals surface area contributed by atoms with Crippen molar-refractivity contribution in [2.75, 3.05) is 33.5 Å². The SMILES string of the molecule is CSc1ncn(OCCN(C)C)c2ncnc1-2. The minimum atomic E-state index is 0.583. The number of likely N-dealkylation sites (N-methyl/N-ethyl adjacent to an activating group) is 1. The lowest BCUT2D eigenvalue weighted by molar-refractivity contribution is 0.0942. The van der Waals surface area contributed by atoms with Gasteiger partial charge in [-0.25, -0.2) is 15.0 Å². The van der Waals surface area contributed by atoms with E-state index in [1.54, 1.807) is 22.8 Å². The number of hydrogen-bond acceptors (Lipinski definition) is 6. The third-order valence-corrected chi connectivity index (χ3v) is 2.92. The van der Waals surface area contributed by atoms with Crippen LogP contribution in [0.1, 0.15) is 0 Å². The van der Waals surface area contributed by atoms with Gasteiger partial charge in [-0.15, -0.1) is 11.8 Å². The molecule has 0 spiro atoms. The van der Waals surface area contributed by atoms with Crippen LogP contribution in [0.3, 0.4) is 0 Å². The smallest absolute Gasteiger partial charge is 0.200 e. The molecule has 0 aliphatic carbocycles. The molecule has 0 aromatic heterocycles. The molecule has 0 radical (unpaired) electrons. The number of thioether (sulfide) groups is 1. The molecule has 0 aromatic carbocycles. The van der Waals surface area contributed by atoms with E-state index < -0.39 is 0 Å². The first-order valence-electron chi connectivity index (χ1n) is 5.22. The Morgan fingerprint density at radius 2 is 2.18 bits per heavy atom. The van der Waals surface area contributed by atoms with Gasteiger partial charge in [-0.05, 0) is 20.4 Å². The van der Waals surface area contributed by atoms with Gasteiger partial charge in [-0.1, -0.05) is 0 Å². The van der Waals surface area contributed by atoms with Crippen molar-refractivity contribution in [3.63, 3.8) is 0 Å². The summed E-state index contributed by atoms with van der Waals surface area (Å²) in [6.45, 7) is 1.42. The molecule has 2 rings (SSSR count). The highest BCUT2D eigenvalue weighted by Gasteiger charge is 2.16. The first kappa shape index (κ1) is 12.1. The molecule has 0 amide bonds. The number of fused-ring (bicyclic) bond motifs is 1. The molecule has 2 aliphatic rings. The highest BCUT2D eigenvalue weighted by molar-refractivity contribution is 7.98. The number of imidazole rings is 1. The number of aromatic nitrogens is 4. The van der Waals surface area contributed by atoms with Crippen molar-refractivity contribution in [1.82, 2.24) is 24.6 Å². The van der Waals surface area contributed by atoms with Crippen LogP contribution >= 0.6 is 11.8 Å². The molecule has 0 atom stereocenters. The van der Waals surface area contributed by atoms with Gasteiger partial charge in [0, 0.05) is 6.54 Å². The summed E-state index contributed by atoms with van der Waals surface area (Å²) in [4.78, 5) is 20.3. The van der Waals surface area contributed by atoms with E-state index in [4.69, 9.17) is 4.84 Å². The molecule has 2 heterocycles. The van der Waals surface area contributed by atoms with Gasteiger partial charge in [0.05, 0.1) is 0 Å². The van der Waals surface area contributed by atoms with Gasteiger partial charge in [-0.3, -0.25) is 0 Å². The van der Waals surface area contributed by atoms with Crippen LogP contribution in [0.15, 0.2) is 17.7 Å². The van der Waals surface area contributed by atoms with Crippen LogP contribution in [0.2, 0.25) is 0 Å². The summed E-state index contributed by atoms with van der Waals surface area (Å²) >= 11 is 1.55. The van der Waals surface area contributed by atoms with Crippen LogP contribution in [0.25, 0.3) is 11.5 Å². The average molecular weight is 253 g/mol. The fraction of sp³-hybridized carbons (Fsp3) is 0.500. The van der Waals surface area contributed by atoms with Crippen LogP contribution in [-0.4, -0.2) is 58.1 Å². The molecule has 7 heteroatoms. The second kappa shape index (κ2) is 5.33. The average Bonchev–Trinajstić information content (AvgIpc) is 2.78. The molecular formula is C10H15N5OS. The third-order valence-electron chi connectivity index (χ3n) is 2.23. The van der Waals surface area contributed by atoms with Crippen LogP contribution < -0.4 is 4.84 Å². The Kier molecular flexibility index (Phi) is 3.80. The highest BCUT2D eigenvalue weighted by Crippen LogP contribution is 2.25. The minimum absolute atomic E-state index is 0.583. The van der Waals surface area contributed by atoms with Crippen LogP contribution in [0.5, 0.6) is 0 Å². The lowest BCUT2D eigenvalue weighted by Crippen LogP contribution is -2.25. The Bertz CT molecular complexity index is 458. The summed E-state index contributed by atoms with van der Waals surface area (Å²) in [7, 11) is 4.00. The second-order valence-electron chi connectivity index (χ2n) is 3.76. The zero-order chi connectivity index (χ0) is 12.3. The van der Waals surface area contributed by atoms with E-state index in [0.29, 0.717) is 12.4 Å². The maximum Gasteiger partial charge on any atom is 0.200 e.